The largest absolute Gasteiger partial charge is 0.302 e. The number of hydrogen-bond acceptors (Lipinski definition) is 4. The van der Waals surface area contributed by atoms with Gasteiger partial charge in [0.05, 0.1) is 11.4 Å². The van der Waals surface area contributed by atoms with E-state index in [1.807, 2.05) is 30.3 Å². The second-order valence-corrected chi connectivity index (χ2v) is 5.34. The number of nitrogens with zero attached hydrogens (tertiary/aromatic N) is 3. The minimum Gasteiger partial charge on any atom is -0.302 e. The number of benzene rings is 1. The van der Waals surface area contributed by atoms with Crippen molar-refractivity contribution in [3.63, 3.8) is 0 Å². The Morgan fingerprint density at radius 1 is 1.32 bits per heavy atom. The highest BCUT2D eigenvalue weighted by atomic mass is 16.5. The molecule has 2 N–H and O–H groups in total. The average molecular weight is 298 g/mol. The quantitative estimate of drug-likeness (QED) is 0.668. The summed E-state index contributed by atoms with van der Waals surface area (Å²) in [5.74, 6) is -0.573. The van der Waals surface area contributed by atoms with Crippen molar-refractivity contribution in [2.24, 2.45) is 0 Å². The Labute approximate surface area is 128 Å². The van der Waals surface area contributed by atoms with E-state index >= 15 is 0 Å². The summed E-state index contributed by atoms with van der Waals surface area (Å²) in [5.41, 5.74) is 4.67. The molecule has 0 atom stereocenters. The summed E-state index contributed by atoms with van der Waals surface area (Å²) in [5, 5.41) is 13.5. The molecule has 0 saturated carbocycles. The van der Waals surface area contributed by atoms with Gasteiger partial charge >= 0.3 is 0 Å². The van der Waals surface area contributed by atoms with Gasteiger partial charge in [-0.3, -0.25) is 10.0 Å². The molecule has 22 heavy (non-hydrogen) atoms. The van der Waals surface area contributed by atoms with Gasteiger partial charge in [-0.25, -0.2) is 10.2 Å². The van der Waals surface area contributed by atoms with Gasteiger partial charge in [-0.05, 0) is 37.2 Å². The third kappa shape index (κ3) is 2.79. The maximum atomic E-state index is 11.9. The van der Waals surface area contributed by atoms with E-state index in [1.54, 1.807) is 16.2 Å². The van der Waals surface area contributed by atoms with E-state index in [4.69, 9.17) is 5.21 Å². The molecule has 2 heterocycles. The number of aromatic nitrogens is 2. The Kier molecular flexibility index (Phi) is 4.04. The number of para-hydroxylation sites is 1. The van der Waals surface area contributed by atoms with Crippen molar-refractivity contribution >= 4 is 11.5 Å². The van der Waals surface area contributed by atoms with Gasteiger partial charge in [-0.2, -0.15) is 5.10 Å². The van der Waals surface area contributed by atoms with Crippen molar-refractivity contribution in [1.29, 1.82) is 0 Å². The molecule has 1 aromatic carbocycles. The van der Waals surface area contributed by atoms with Crippen molar-refractivity contribution < 1.29 is 10.0 Å². The molecule has 1 aliphatic heterocycles. The van der Waals surface area contributed by atoms with Gasteiger partial charge in [0, 0.05) is 13.1 Å². The Morgan fingerprint density at radius 2 is 2.09 bits per heavy atom. The zero-order valence-electron chi connectivity index (χ0n) is 12.4. The highest BCUT2D eigenvalue weighted by Crippen LogP contribution is 2.23. The standard InChI is InChI=1S/C16H18N4O2/c1-19-9-7-12(8-10-19)14-11-15(16(21)18-22)20(17-14)13-5-3-2-4-6-13/h2-7,11,22H,8-10H2,1H3,(H,18,21). The van der Waals surface area contributed by atoms with E-state index < -0.39 is 5.91 Å². The van der Waals surface area contributed by atoms with Crippen LogP contribution < -0.4 is 5.48 Å². The first kappa shape index (κ1) is 14.5. The lowest BCUT2D eigenvalue weighted by molar-refractivity contribution is 0.0697. The summed E-state index contributed by atoms with van der Waals surface area (Å²) in [6.07, 6.45) is 3.02. The zero-order valence-corrected chi connectivity index (χ0v) is 12.4. The van der Waals surface area contributed by atoms with E-state index in [0.29, 0.717) is 5.69 Å². The molecule has 1 aliphatic rings. The van der Waals surface area contributed by atoms with Crippen LogP contribution >= 0.6 is 0 Å². The number of carbonyl (C=O) groups is 1. The molecule has 0 radical (unpaired) electrons. The minimum atomic E-state index is -0.573. The third-order valence-corrected chi connectivity index (χ3v) is 3.79. The molecule has 114 valence electrons. The molecule has 0 saturated heterocycles. The van der Waals surface area contributed by atoms with Crippen molar-refractivity contribution in [2.45, 2.75) is 6.42 Å². The second kappa shape index (κ2) is 6.13. The Balaban J connectivity index is 2.04. The number of carbonyl (C=O) groups excluding carboxylic acids is 1. The van der Waals surface area contributed by atoms with Crippen LogP contribution in [0.2, 0.25) is 0 Å². The molecule has 1 aromatic heterocycles. The summed E-state index contributed by atoms with van der Waals surface area (Å²) in [4.78, 5) is 14.1. The van der Waals surface area contributed by atoms with Crippen LogP contribution in [-0.2, 0) is 0 Å². The number of hydroxylamine groups is 1. The minimum absolute atomic E-state index is 0.309. The first-order chi connectivity index (χ1) is 10.7. The lowest BCUT2D eigenvalue weighted by atomic mass is 10.1. The summed E-state index contributed by atoms with van der Waals surface area (Å²) < 4.78 is 1.56. The van der Waals surface area contributed by atoms with Gasteiger partial charge in [-0.15, -0.1) is 0 Å². The van der Waals surface area contributed by atoms with Crippen molar-refractivity contribution in [3.05, 3.63) is 53.9 Å². The van der Waals surface area contributed by atoms with Gasteiger partial charge < -0.3 is 4.90 Å². The lowest BCUT2D eigenvalue weighted by Gasteiger charge is -2.20. The Morgan fingerprint density at radius 3 is 2.73 bits per heavy atom. The van der Waals surface area contributed by atoms with E-state index in [2.05, 4.69) is 23.1 Å². The van der Waals surface area contributed by atoms with E-state index in [9.17, 15) is 4.79 Å². The monoisotopic (exact) mass is 298 g/mol. The topological polar surface area (TPSA) is 70.4 Å². The smallest absolute Gasteiger partial charge is 0.293 e. The summed E-state index contributed by atoms with van der Waals surface area (Å²) >= 11 is 0. The predicted molar refractivity (Wildman–Crippen MR) is 82.9 cm³/mol. The predicted octanol–water partition coefficient (Wildman–Crippen LogP) is 1.71. The van der Waals surface area contributed by atoms with Gasteiger partial charge in [0.2, 0.25) is 0 Å². The van der Waals surface area contributed by atoms with Crippen LogP contribution in [0.25, 0.3) is 11.3 Å². The third-order valence-electron chi connectivity index (χ3n) is 3.79. The van der Waals surface area contributed by atoms with Gasteiger partial charge in [-0.1, -0.05) is 24.3 Å². The molecule has 2 aromatic rings. The Hall–Kier alpha value is -2.44. The molecule has 0 fully saturated rings. The number of hydrogen-bond donors (Lipinski definition) is 2. The maximum absolute atomic E-state index is 11.9. The molecule has 3 rings (SSSR count). The normalized spacial score (nSPS) is 15.5. The van der Waals surface area contributed by atoms with E-state index in [-0.39, 0.29) is 0 Å². The lowest BCUT2D eigenvalue weighted by Crippen LogP contribution is -2.23. The molecule has 0 unspecified atom stereocenters. The SMILES string of the molecule is CN1CC=C(c2cc(C(=O)NO)n(-c3ccccc3)n2)CC1. The first-order valence-corrected chi connectivity index (χ1v) is 7.17. The highest BCUT2D eigenvalue weighted by molar-refractivity contribution is 5.93. The second-order valence-electron chi connectivity index (χ2n) is 5.34. The molecule has 1 amide bonds. The van der Waals surface area contributed by atoms with Crippen LogP contribution in [0.4, 0.5) is 0 Å². The van der Waals surface area contributed by atoms with E-state index in [0.717, 1.165) is 36.5 Å². The molecule has 0 bridgehead atoms. The van der Waals surface area contributed by atoms with Crippen LogP contribution in [0.1, 0.15) is 22.6 Å². The molecule has 0 aliphatic carbocycles. The number of amides is 1. The maximum Gasteiger partial charge on any atom is 0.293 e. The fourth-order valence-electron chi connectivity index (χ4n) is 2.53. The fourth-order valence-corrected chi connectivity index (χ4v) is 2.53. The molecular formula is C16H18N4O2. The highest BCUT2D eigenvalue weighted by Gasteiger charge is 2.19. The van der Waals surface area contributed by atoms with Crippen molar-refractivity contribution in [1.82, 2.24) is 20.2 Å². The molecule has 6 heteroatoms. The van der Waals surface area contributed by atoms with Crippen LogP contribution in [0.3, 0.4) is 0 Å². The number of rotatable bonds is 3. The van der Waals surface area contributed by atoms with Crippen LogP contribution in [-0.4, -0.2) is 45.9 Å². The zero-order chi connectivity index (χ0) is 15.5. The summed E-state index contributed by atoms with van der Waals surface area (Å²) in [7, 11) is 2.07. The Bertz CT molecular complexity index is 706. The number of nitrogens with one attached hydrogen (secondary N) is 1. The van der Waals surface area contributed by atoms with Gasteiger partial charge in [0.1, 0.15) is 5.69 Å². The van der Waals surface area contributed by atoms with Gasteiger partial charge in [0.15, 0.2) is 0 Å². The fraction of sp³-hybridized carbons (Fsp3) is 0.250. The molecule has 6 nitrogen and oxygen atoms in total. The first-order valence-electron chi connectivity index (χ1n) is 7.17. The van der Waals surface area contributed by atoms with E-state index in [1.165, 1.54) is 0 Å². The average Bonchev–Trinajstić information content (AvgIpc) is 3.01. The molecule has 0 spiro atoms. The number of likely N-dealkylation sites (N-methyl/N-ethyl adjacent to an activating group) is 1. The van der Waals surface area contributed by atoms with Crippen molar-refractivity contribution in [2.75, 3.05) is 20.1 Å². The van der Waals surface area contributed by atoms with Crippen molar-refractivity contribution in [3.8, 4) is 5.69 Å². The van der Waals surface area contributed by atoms with Crippen LogP contribution in [0.5, 0.6) is 0 Å². The van der Waals surface area contributed by atoms with Gasteiger partial charge in [0.25, 0.3) is 5.91 Å². The summed E-state index contributed by atoms with van der Waals surface area (Å²) in [6.45, 7) is 1.83. The van der Waals surface area contributed by atoms with Crippen LogP contribution in [0.15, 0.2) is 42.5 Å². The van der Waals surface area contributed by atoms with Crippen LogP contribution in [0, 0.1) is 0 Å². The molecular weight excluding hydrogens is 280 g/mol. The summed E-state index contributed by atoms with van der Waals surface area (Å²) in [6, 6.07) is 11.1.